The molecule has 0 saturated heterocycles. The summed E-state index contributed by atoms with van der Waals surface area (Å²) in [6, 6.07) is 2.53. The number of benzene rings is 1. The van der Waals surface area contributed by atoms with Crippen molar-refractivity contribution in [2.24, 2.45) is 0 Å². The predicted molar refractivity (Wildman–Crippen MR) is 59.9 cm³/mol. The Labute approximate surface area is 101 Å². The molecule has 0 saturated carbocycles. The predicted octanol–water partition coefficient (Wildman–Crippen LogP) is 3.71. The minimum atomic E-state index is -4.72. The monoisotopic (exact) mass is 266 g/mol. The van der Waals surface area contributed by atoms with Gasteiger partial charge in [0, 0.05) is 5.75 Å². The zero-order valence-electron chi connectivity index (χ0n) is 8.67. The maximum Gasteiger partial charge on any atom is 0.419 e. The van der Waals surface area contributed by atoms with E-state index in [9.17, 15) is 17.6 Å². The largest absolute Gasteiger partial charge is 0.490 e. The third-order valence-corrected chi connectivity index (χ3v) is 2.07. The summed E-state index contributed by atoms with van der Waals surface area (Å²) in [4.78, 5) is 0. The van der Waals surface area contributed by atoms with Crippen molar-refractivity contribution in [2.75, 3.05) is 12.4 Å². The van der Waals surface area contributed by atoms with Crippen molar-refractivity contribution in [1.82, 2.24) is 0 Å². The second-order valence-corrected chi connectivity index (χ2v) is 3.47. The van der Waals surface area contributed by atoms with Gasteiger partial charge in [-0.2, -0.15) is 25.8 Å². The molecule has 0 unspecified atom stereocenters. The highest BCUT2D eigenvalue weighted by molar-refractivity contribution is 7.80. The van der Waals surface area contributed by atoms with Crippen LogP contribution >= 0.6 is 12.6 Å². The van der Waals surface area contributed by atoms with E-state index < -0.39 is 17.6 Å². The van der Waals surface area contributed by atoms with Crippen LogP contribution in [0.4, 0.5) is 17.6 Å². The molecule has 0 aliphatic rings. The van der Waals surface area contributed by atoms with Gasteiger partial charge in [-0.25, -0.2) is 4.39 Å². The molecule has 0 aromatic heterocycles. The Morgan fingerprint density at radius 2 is 1.94 bits per heavy atom. The maximum atomic E-state index is 12.9. The average molecular weight is 266 g/mol. The summed E-state index contributed by atoms with van der Waals surface area (Å²) in [5.41, 5.74) is -1.33. The van der Waals surface area contributed by atoms with E-state index in [-0.39, 0.29) is 12.4 Å². The van der Waals surface area contributed by atoms with Crippen LogP contribution in [-0.2, 0) is 6.18 Å². The lowest BCUT2D eigenvalue weighted by atomic mass is 10.2. The minimum Gasteiger partial charge on any atom is -0.490 e. The fourth-order valence-electron chi connectivity index (χ4n) is 1.10. The van der Waals surface area contributed by atoms with E-state index in [0.717, 1.165) is 12.1 Å². The quantitative estimate of drug-likeness (QED) is 0.496. The molecule has 0 atom stereocenters. The van der Waals surface area contributed by atoms with Crippen LogP contribution in [0.3, 0.4) is 0 Å². The van der Waals surface area contributed by atoms with Crippen molar-refractivity contribution in [1.29, 1.82) is 0 Å². The fourth-order valence-corrected chi connectivity index (χ4v) is 1.25. The minimum absolute atomic E-state index is 0.0254. The molecule has 0 N–H and O–H groups in total. The molecule has 0 aliphatic heterocycles. The zero-order chi connectivity index (χ0) is 12.9. The van der Waals surface area contributed by atoms with Gasteiger partial charge in [0.05, 0.1) is 5.56 Å². The molecule has 0 aliphatic carbocycles. The van der Waals surface area contributed by atoms with Crippen molar-refractivity contribution in [3.63, 3.8) is 0 Å². The van der Waals surface area contributed by atoms with Crippen molar-refractivity contribution < 1.29 is 22.3 Å². The topological polar surface area (TPSA) is 9.23 Å². The molecule has 0 bridgehead atoms. The van der Waals surface area contributed by atoms with E-state index in [0.29, 0.717) is 11.8 Å². The van der Waals surface area contributed by atoms with E-state index >= 15 is 0 Å². The third-order valence-electron chi connectivity index (χ3n) is 1.86. The molecule has 0 radical (unpaired) electrons. The highest BCUT2D eigenvalue weighted by Gasteiger charge is 2.34. The molecule has 17 heavy (non-hydrogen) atoms. The van der Waals surface area contributed by atoms with Crippen molar-refractivity contribution in [2.45, 2.75) is 6.18 Å². The molecule has 1 nitrogen and oxygen atoms in total. The van der Waals surface area contributed by atoms with Gasteiger partial charge < -0.3 is 4.74 Å². The van der Waals surface area contributed by atoms with Crippen LogP contribution in [-0.4, -0.2) is 12.4 Å². The molecule has 0 fully saturated rings. The molecule has 94 valence electrons. The van der Waals surface area contributed by atoms with Gasteiger partial charge in [-0.1, -0.05) is 12.2 Å². The smallest absolute Gasteiger partial charge is 0.419 e. The molecule has 1 aromatic rings. The first-order chi connectivity index (χ1) is 7.95. The lowest BCUT2D eigenvalue weighted by molar-refractivity contribution is -0.140. The summed E-state index contributed by atoms with van der Waals surface area (Å²) in [5.74, 6) is -0.820. The number of thiol groups is 1. The molecule has 0 spiro atoms. The van der Waals surface area contributed by atoms with E-state index in [1.807, 2.05) is 0 Å². The van der Waals surface area contributed by atoms with Crippen molar-refractivity contribution in [3.8, 4) is 5.75 Å². The molecular formula is C11H10F4OS. The standard InChI is InChI=1S/C11H10F4OS/c12-10-4-3-8(16-5-1-2-6-17)7-9(10)11(13,14)15/h1-4,7,17H,5-6H2/b2-1+. The van der Waals surface area contributed by atoms with E-state index in [1.165, 1.54) is 0 Å². The summed E-state index contributed by atoms with van der Waals surface area (Å²) < 4.78 is 55.0. The van der Waals surface area contributed by atoms with Crippen LogP contribution in [0.25, 0.3) is 0 Å². The van der Waals surface area contributed by atoms with E-state index in [4.69, 9.17) is 4.74 Å². The number of rotatable bonds is 4. The normalized spacial score (nSPS) is 12.1. The Kier molecular flexibility index (Phi) is 4.86. The van der Waals surface area contributed by atoms with Gasteiger partial charge in [0.15, 0.2) is 0 Å². The van der Waals surface area contributed by atoms with Crippen LogP contribution in [0.2, 0.25) is 0 Å². The Morgan fingerprint density at radius 1 is 1.24 bits per heavy atom. The molecule has 1 rings (SSSR count). The molecule has 0 amide bonds. The summed E-state index contributed by atoms with van der Waals surface area (Å²) in [7, 11) is 0. The fraction of sp³-hybridized carbons (Fsp3) is 0.273. The van der Waals surface area contributed by atoms with Crippen LogP contribution in [0.1, 0.15) is 5.56 Å². The van der Waals surface area contributed by atoms with E-state index in [2.05, 4.69) is 12.6 Å². The molecule has 0 heterocycles. The van der Waals surface area contributed by atoms with Gasteiger partial charge in [0.25, 0.3) is 0 Å². The zero-order valence-corrected chi connectivity index (χ0v) is 9.56. The van der Waals surface area contributed by atoms with Gasteiger partial charge in [-0.15, -0.1) is 0 Å². The number of halogens is 4. The highest BCUT2D eigenvalue weighted by Crippen LogP contribution is 2.33. The number of hydrogen-bond donors (Lipinski definition) is 1. The SMILES string of the molecule is Fc1ccc(OC/C=C/CS)cc1C(F)(F)F. The maximum absolute atomic E-state index is 12.9. The summed E-state index contributed by atoms with van der Waals surface area (Å²) in [5, 5.41) is 0. The van der Waals surface area contributed by atoms with Gasteiger partial charge in [-0.05, 0) is 18.2 Å². The number of alkyl halides is 3. The van der Waals surface area contributed by atoms with Gasteiger partial charge in [0.2, 0.25) is 0 Å². The first-order valence-corrected chi connectivity index (χ1v) is 5.34. The van der Waals surface area contributed by atoms with Gasteiger partial charge in [-0.3, -0.25) is 0 Å². The second-order valence-electron chi connectivity index (χ2n) is 3.10. The lowest BCUT2D eigenvalue weighted by Crippen LogP contribution is -2.08. The third kappa shape index (κ3) is 4.30. The average Bonchev–Trinajstić information content (AvgIpc) is 2.25. The number of hydrogen-bond acceptors (Lipinski definition) is 2. The summed E-state index contributed by atoms with van der Waals surface area (Å²) in [6.07, 6.45) is -1.41. The number of ether oxygens (including phenoxy) is 1. The van der Waals surface area contributed by atoms with Crippen LogP contribution in [0, 0.1) is 5.82 Å². The van der Waals surface area contributed by atoms with Crippen LogP contribution < -0.4 is 4.74 Å². The second kappa shape index (κ2) is 5.95. The van der Waals surface area contributed by atoms with Gasteiger partial charge >= 0.3 is 6.18 Å². The first-order valence-electron chi connectivity index (χ1n) is 4.70. The Hall–Kier alpha value is -1.17. The van der Waals surface area contributed by atoms with Crippen LogP contribution in [0.15, 0.2) is 30.4 Å². The molecule has 6 heteroatoms. The molecular weight excluding hydrogens is 256 g/mol. The Morgan fingerprint density at radius 3 is 2.53 bits per heavy atom. The summed E-state index contributed by atoms with van der Waals surface area (Å²) >= 11 is 3.91. The van der Waals surface area contributed by atoms with Crippen molar-refractivity contribution in [3.05, 3.63) is 41.7 Å². The lowest BCUT2D eigenvalue weighted by Gasteiger charge is -2.10. The highest BCUT2D eigenvalue weighted by atomic mass is 32.1. The molecule has 1 aromatic carbocycles. The van der Waals surface area contributed by atoms with E-state index in [1.54, 1.807) is 12.2 Å². The van der Waals surface area contributed by atoms with Gasteiger partial charge in [0.1, 0.15) is 18.2 Å². The summed E-state index contributed by atoms with van der Waals surface area (Å²) in [6.45, 7) is 0.115. The Balaban J connectivity index is 2.79. The van der Waals surface area contributed by atoms with Crippen molar-refractivity contribution >= 4 is 12.6 Å². The first kappa shape index (κ1) is 13.9. The van der Waals surface area contributed by atoms with Crippen LogP contribution in [0.5, 0.6) is 5.75 Å². The Bertz CT molecular complexity index is 401.